The molecule has 1 amide bonds. The average molecular weight is 412 g/mol. The van der Waals surface area contributed by atoms with Gasteiger partial charge in [0.25, 0.3) is 0 Å². The van der Waals surface area contributed by atoms with Gasteiger partial charge in [0.2, 0.25) is 5.91 Å². The number of anilines is 1. The molecule has 0 bridgehead atoms. The smallest absolute Gasteiger partial charge is 0.228 e. The summed E-state index contributed by atoms with van der Waals surface area (Å²) < 4.78 is 5.81. The maximum absolute atomic E-state index is 13.2. The monoisotopic (exact) mass is 411 g/mol. The van der Waals surface area contributed by atoms with Gasteiger partial charge in [-0.05, 0) is 37.8 Å². The zero-order chi connectivity index (χ0) is 20.4. The van der Waals surface area contributed by atoms with E-state index in [0.29, 0.717) is 24.7 Å². The molecule has 1 N–H and O–H groups in total. The molecule has 2 heterocycles. The maximum atomic E-state index is 13.2. The zero-order valence-corrected chi connectivity index (χ0v) is 18.0. The summed E-state index contributed by atoms with van der Waals surface area (Å²) in [5, 5.41) is 11.7. The van der Waals surface area contributed by atoms with Crippen LogP contribution in [0.4, 0.5) is 5.00 Å². The Hall–Kier alpha value is -2.27. The van der Waals surface area contributed by atoms with E-state index in [9.17, 15) is 9.90 Å². The Bertz CT molecular complexity index is 896. The largest absolute Gasteiger partial charge is 0.506 e. The lowest BCUT2D eigenvalue weighted by Gasteiger charge is -2.33. The van der Waals surface area contributed by atoms with Crippen LogP contribution in [0.15, 0.2) is 42.2 Å². The van der Waals surface area contributed by atoms with Crippen LogP contribution in [0.2, 0.25) is 0 Å². The topological polar surface area (TPSA) is 49.8 Å². The summed E-state index contributed by atoms with van der Waals surface area (Å²) in [5.74, 6) is 1.42. The second kappa shape index (κ2) is 8.62. The third kappa shape index (κ3) is 3.93. The van der Waals surface area contributed by atoms with Gasteiger partial charge in [0.15, 0.2) is 11.5 Å². The summed E-state index contributed by atoms with van der Waals surface area (Å²) in [6.45, 7) is 4.26. The first kappa shape index (κ1) is 20.0. The van der Waals surface area contributed by atoms with Crippen LogP contribution < -0.4 is 4.90 Å². The van der Waals surface area contributed by atoms with Crippen LogP contribution in [0.1, 0.15) is 57.9 Å². The molecule has 154 valence electrons. The Morgan fingerprint density at radius 2 is 1.97 bits per heavy atom. The van der Waals surface area contributed by atoms with Crippen molar-refractivity contribution in [3.8, 4) is 10.4 Å². The van der Waals surface area contributed by atoms with Gasteiger partial charge in [-0.25, -0.2) is 0 Å². The van der Waals surface area contributed by atoms with Gasteiger partial charge in [-0.2, -0.15) is 0 Å². The molecule has 1 aromatic heterocycles. The Labute approximate surface area is 176 Å². The molecule has 1 fully saturated rings. The summed E-state index contributed by atoms with van der Waals surface area (Å²) in [6.07, 6.45) is 6.53. The molecular formula is C24H29NO3S. The van der Waals surface area contributed by atoms with Crippen LogP contribution in [0.5, 0.6) is 0 Å². The number of carbonyl (C=O) groups is 1. The van der Waals surface area contributed by atoms with Crippen molar-refractivity contribution in [1.82, 2.24) is 0 Å². The number of thiophene rings is 1. The highest BCUT2D eigenvalue weighted by molar-refractivity contribution is 7.20. The number of fused-ring (bicyclic) bond motifs is 1. The molecular weight excluding hydrogens is 382 g/mol. The molecule has 1 unspecified atom stereocenters. The number of hydrogen-bond donors (Lipinski definition) is 1. The molecule has 29 heavy (non-hydrogen) atoms. The van der Waals surface area contributed by atoms with Gasteiger partial charge < -0.3 is 9.84 Å². The van der Waals surface area contributed by atoms with Crippen molar-refractivity contribution in [2.24, 2.45) is 5.92 Å². The van der Waals surface area contributed by atoms with Crippen LogP contribution in [0.25, 0.3) is 16.2 Å². The number of amides is 1. The fourth-order valence-electron chi connectivity index (χ4n) is 4.47. The molecule has 2 aromatic rings. The molecule has 1 aliphatic heterocycles. The second-order valence-corrected chi connectivity index (χ2v) is 9.00. The van der Waals surface area contributed by atoms with E-state index < -0.39 is 6.04 Å². The molecule has 0 saturated heterocycles. The summed E-state index contributed by atoms with van der Waals surface area (Å²) in [7, 11) is 0. The molecule has 1 atom stereocenters. The van der Waals surface area contributed by atoms with Crippen LogP contribution in [0.3, 0.4) is 0 Å². The number of hydrogen-bond acceptors (Lipinski definition) is 4. The first-order chi connectivity index (χ1) is 14.1. The highest BCUT2D eigenvalue weighted by Gasteiger charge is 2.37. The fourth-order valence-corrected chi connectivity index (χ4v) is 5.72. The van der Waals surface area contributed by atoms with Gasteiger partial charge in [-0.1, -0.05) is 56.0 Å². The van der Waals surface area contributed by atoms with Gasteiger partial charge in [0, 0.05) is 11.3 Å². The van der Waals surface area contributed by atoms with Gasteiger partial charge in [0.1, 0.15) is 5.00 Å². The lowest BCUT2D eigenvalue weighted by atomic mass is 9.99. The van der Waals surface area contributed by atoms with Crippen LogP contribution >= 0.6 is 11.3 Å². The number of carbonyl (C=O) groups excluding carboxylic acids is 1. The van der Waals surface area contributed by atoms with Crippen molar-refractivity contribution in [3.63, 3.8) is 0 Å². The first-order valence-electron chi connectivity index (χ1n) is 10.7. The molecule has 1 saturated carbocycles. The van der Waals surface area contributed by atoms with Gasteiger partial charge in [-0.15, -0.1) is 11.3 Å². The molecule has 0 radical (unpaired) electrons. The number of rotatable bonds is 6. The lowest BCUT2D eigenvalue weighted by Crippen LogP contribution is -2.42. The summed E-state index contributed by atoms with van der Waals surface area (Å²) >= 11 is 1.60. The first-order valence-corrected chi connectivity index (χ1v) is 11.5. The number of ether oxygens (including phenoxy) is 1. The minimum absolute atomic E-state index is 0.0919. The third-order valence-electron chi connectivity index (χ3n) is 6.05. The van der Waals surface area contributed by atoms with Crippen LogP contribution in [-0.4, -0.2) is 23.7 Å². The van der Waals surface area contributed by atoms with Gasteiger partial charge in [0.05, 0.1) is 18.2 Å². The Morgan fingerprint density at radius 1 is 1.24 bits per heavy atom. The molecule has 0 spiro atoms. The number of benzene rings is 1. The zero-order valence-electron chi connectivity index (χ0n) is 17.2. The standard InChI is InChI=1S/C24H29NO3S/c1-3-28-23-19-15-20(18-11-5-4-6-12-18)29-24(19)25(16(2)22(23)27)21(26)14-13-17-9-7-8-10-17/h4-6,11-12,15-17,27H,3,7-10,13-14H2,1-2H3. The van der Waals surface area contributed by atoms with Crippen molar-refractivity contribution in [1.29, 1.82) is 0 Å². The summed E-state index contributed by atoms with van der Waals surface area (Å²) in [6, 6.07) is 11.8. The van der Waals surface area contributed by atoms with Crippen molar-refractivity contribution in [2.45, 2.75) is 58.4 Å². The van der Waals surface area contributed by atoms with Crippen molar-refractivity contribution in [3.05, 3.63) is 47.7 Å². The van der Waals surface area contributed by atoms with E-state index in [1.54, 1.807) is 16.2 Å². The predicted molar refractivity (Wildman–Crippen MR) is 119 cm³/mol. The van der Waals surface area contributed by atoms with Crippen LogP contribution in [-0.2, 0) is 9.53 Å². The van der Waals surface area contributed by atoms with E-state index in [1.807, 2.05) is 38.1 Å². The van der Waals surface area contributed by atoms with Gasteiger partial charge >= 0.3 is 0 Å². The van der Waals surface area contributed by atoms with E-state index in [0.717, 1.165) is 27.4 Å². The van der Waals surface area contributed by atoms with Crippen LogP contribution in [0, 0.1) is 5.92 Å². The molecule has 1 aliphatic carbocycles. The summed E-state index contributed by atoms with van der Waals surface area (Å²) in [5.41, 5.74) is 1.92. The molecule has 1 aromatic carbocycles. The van der Waals surface area contributed by atoms with Gasteiger partial charge in [-0.3, -0.25) is 9.69 Å². The van der Waals surface area contributed by atoms with Crippen molar-refractivity contribution in [2.75, 3.05) is 11.5 Å². The lowest BCUT2D eigenvalue weighted by molar-refractivity contribution is -0.119. The highest BCUT2D eigenvalue weighted by Crippen LogP contribution is 2.47. The van der Waals surface area contributed by atoms with Crippen molar-refractivity contribution >= 4 is 28.0 Å². The minimum atomic E-state index is -0.414. The quantitative estimate of drug-likeness (QED) is 0.600. The number of aliphatic hydroxyl groups excluding tert-OH is 1. The Kier molecular flexibility index (Phi) is 5.95. The maximum Gasteiger partial charge on any atom is 0.228 e. The van der Waals surface area contributed by atoms with E-state index in [2.05, 4.69) is 12.1 Å². The average Bonchev–Trinajstić information content (AvgIpc) is 3.41. The number of aliphatic hydroxyl groups is 1. The van der Waals surface area contributed by atoms with Crippen molar-refractivity contribution < 1.29 is 14.6 Å². The summed E-state index contributed by atoms with van der Waals surface area (Å²) in [4.78, 5) is 16.1. The SMILES string of the molecule is CCOC1=C(O)C(C)N(C(=O)CCC2CCCC2)c2sc(-c3ccccc3)cc21. The highest BCUT2D eigenvalue weighted by atomic mass is 32.1. The molecule has 4 rings (SSSR count). The second-order valence-electron chi connectivity index (χ2n) is 7.97. The van der Waals surface area contributed by atoms with E-state index in [1.165, 1.54) is 25.7 Å². The minimum Gasteiger partial charge on any atom is -0.506 e. The molecule has 5 heteroatoms. The molecule has 2 aliphatic rings. The molecule has 4 nitrogen and oxygen atoms in total. The number of nitrogens with zero attached hydrogens (tertiary/aromatic N) is 1. The normalized spacial score (nSPS) is 19.5. The predicted octanol–water partition coefficient (Wildman–Crippen LogP) is 6.38. The Morgan fingerprint density at radius 3 is 2.66 bits per heavy atom. The fraction of sp³-hybridized carbons (Fsp3) is 0.458. The van der Waals surface area contributed by atoms with E-state index >= 15 is 0 Å². The van der Waals surface area contributed by atoms with E-state index in [-0.39, 0.29) is 11.7 Å². The third-order valence-corrected chi connectivity index (χ3v) is 7.23. The van der Waals surface area contributed by atoms with E-state index in [4.69, 9.17) is 4.74 Å². The Balaban J connectivity index is 1.68.